The molecule has 2 N–H and O–H groups in total. The smallest absolute Gasteiger partial charge is 0.116 e. The van der Waals surface area contributed by atoms with Gasteiger partial charge in [0, 0.05) is 36.4 Å². The Hall–Kier alpha value is -3.55. The molecule has 7 heteroatoms. The van der Waals surface area contributed by atoms with Gasteiger partial charge in [0.15, 0.2) is 0 Å². The van der Waals surface area contributed by atoms with Crippen molar-refractivity contribution >= 4 is 22.3 Å². The Balaban J connectivity index is 1.16. The van der Waals surface area contributed by atoms with Crippen LogP contribution in [0.1, 0.15) is 55.5 Å². The number of hydrogen-bond donors (Lipinski definition) is 2. The predicted molar refractivity (Wildman–Crippen MR) is 154 cm³/mol. The molecule has 0 bridgehead atoms. The van der Waals surface area contributed by atoms with E-state index in [-0.39, 0.29) is 0 Å². The lowest BCUT2D eigenvalue weighted by Crippen LogP contribution is -2.29. The van der Waals surface area contributed by atoms with E-state index in [1.807, 2.05) is 18.6 Å². The third-order valence-electron chi connectivity index (χ3n) is 7.79. The Bertz CT molecular complexity index is 1380. The van der Waals surface area contributed by atoms with Crippen LogP contribution in [0.5, 0.6) is 0 Å². The van der Waals surface area contributed by atoms with E-state index >= 15 is 0 Å². The number of rotatable bonds is 8. The molecule has 6 rings (SSSR count). The first-order chi connectivity index (χ1) is 18.7. The lowest BCUT2D eigenvalue weighted by atomic mass is 10.0. The molecule has 4 aromatic rings. The van der Waals surface area contributed by atoms with Gasteiger partial charge in [-0.3, -0.25) is 24.9 Å². The van der Waals surface area contributed by atoms with Gasteiger partial charge in [-0.15, -0.1) is 0 Å². The van der Waals surface area contributed by atoms with Crippen molar-refractivity contribution in [3.8, 4) is 11.1 Å². The van der Waals surface area contributed by atoms with Gasteiger partial charge >= 0.3 is 0 Å². The van der Waals surface area contributed by atoms with Crippen LogP contribution in [0, 0.1) is 0 Å². The maximum absolute atomic E-state index is 4.69. The predicted octanol–water partition coefficient (Wildman–Crippen LogP) is 6.07. The summed E-state index contributed by atoms with van der Waals surface area (Å²) in [6.07, 6.45) is 13.7. The van der Waals surface area contributed by atoms with Gasteiger partial charge in [-0.05, 0) is 93.3 Å². The second-order valence-corrected chi connectivity index (χ2v) is 10.7. The summed E-state index contributed by atoms with van der Waals surface area (Å²) in [5, 5.41) is 12.2. The van der Waals surface area contributed by atoms with E-state index in [1.165, 1.54) is 70.3 Å². The third-order valence-corrected chi connectivity index (χ3v) is 7.79. The van der Waals surface area contributed by atoms with Crippen molar-refractivity contribution in [3.63, 3.8) is 0 Å². The monoisotopic (exact) mass is 507 g/mol. The van der Waals surface area contributed by atoms with E-state index < -0.39 is 0 Å². The number of fused-ring (bicyclic) bond motifs is 1. The van der Waals surface area contributed by atoms with Crippen molar-refractivity contribution in [1.29, 1.82) is 0 Å². The summed E-state index contributed by atoms with van der Waals surface area (Å²) in [4.78, 5) is 14.3. The van der Waals surface area contributed by atoms with Crippen LogP contribution in [0.15, 0.2) is 61.6 Å². The minimum absolute atomic E-state index is 0.746. The summed E-state index contributed by atoms with van der Waals surface area (Å²) >= 11 is 0. The number of nitrogens with zero attached hydrogens (tertiary/aromatic N) is 5. The molecule has 1 aromatic carbocycles. The Kier molecular flexibility index (Phi) is 7.47. The number of hydrogen-bond acceptors (Lipinski definition) is 6. The molecule has 38 heavy (non-hydrogen) atoms. The summed E-state index contributed by atoms with van der Waals surface area (Å²) in [6.45, 7) is 10.9. The fraction of sp³-hybridized carbons (Fsp3) is 0.387. The molecular formula is C31H37N7. The normalized spacial score (nSPS) is 17.1. The van der Waals surface area contributed by atoms with Crippen LogP contribution in [-0.4, -0.2) is 56.1 Å². The van der Waals surface area contributed by atoms with Crippen molar-refractivity contribution in [3.05, 3.63) is 78.5 Å². The zero-order valence-electron chi connectivity index (χ0n) is 22.1. The van der Waals surface area contributed by atoms with Crippen LogP contribution < -0.4 is 5.32 Å². The average Bonchev–Trinajstić information content (AvgIpc) is 3.39. The molecule has 0 unspecified atom stereocenters. The summed E-state index contributed by atoms with van der Waals surface area (Å²) < 4.78 is 0. The highest BCUT2D eigenvalue weighted by atomic mass is 15.1. The molecule has 7 nitrogen and oxygen atoms in total. The molecule has 2 aliphatic rings. The van der Waals surface area contributed by atoms with Gasteiger partial charge in [0.05, 0.1) is 28.8 Å². The van der Waals surface area contributed by atoms with Crippen molar-refractivity contribution < 1.29 is 0 Å². The fourth-order valence-electron chi connectivity index (χ4n) is 5.70. The summed E-state index contributed by atoms with van der Waals surface area (Å²) in [6, 6.07) is 12.9. The minimum Gasteiger partial charge on any atom is -0.353 e. The van der Waals surface area contributed by atoms with Crippen molar-refractivity contribution in [2.24, 2.45) is 0 Å². The van der Waals surface area contributed by atoms with Crippen molar-refractivity contribution in [1.82, 2.24) is 30.0 Å². The molecule has 2 saturated heterocycles. The first-order valence-electron chi connectivity index (χ1n) is 14.0. The molecule has 0 radical (unpaired) electrons. The van der Waals surface area contributed by atoms with Crippen LogP contribution in [0.4, 0.5) is 5.69 Å². The number of anilines is 1. The van der Waals surface area contributed by atoms with Gasteiger partial charge in [0.1, 0.15) is 5.69 Å². The van der Waals surface area contributed by atoms with Crippen LogP contribution in [-0.2, 0) is 13.1 Å². The molecule has 2 fully saturated rings. The number of nitrogens with one attached hydrogen (secondary N) is 2. The van der Waals surface area contributed by atoms with Crippen molar-refractivity contribution in [2.45, 2.75) is 51.6 Å². The van der Waals surface area contributed by atoms with E-state index in [4.69, 9.17) is 0 Å². The largest absolute Gasteiger partial charge is 0.353 e. The zero-order valence-corrected chi connectivity index (χ0v) is 22.1. The Morgan fingerprint density at radius 1 is 0.816 bits per heavy atom. The summed E-state index contributed by atoms with van der Waals surface area (Å²) in [7, 11) is 0. The maximum atomic E-state index is 4.69. The van der Waals surface area contributed by atoms with E-state index in [0.717, 1.165) is 57.9 Å². The van der Waals surface area contributed by atoms with Crippen LogP contribution in [0.25, 0.3) is 27.7 Å². The number of pyridine rings is 2. The molecule has 0 amide bonds. The Morgan fingerprint density at radius 3 is 2.32 bits per heavy atom. The van der Waals surface area contributed by atoms with Crippen LogP contribution in [0.2, 0.25) is 0 Å². The Morgan fingerprint density at radius 2 is 1.58 bits per heavy atom. The second-order valence-electron chi connectivity index (χ2n) is 10.7. The van der Waals surface area contributed by atoms with Crippen molar-refractivity contribution in [2.75, 3.05) is 31.5 Å². The first kappa shape index (κ1) is 24.8. The van der Waals surface area contributed by atoms with Gasteiger partial charge in [0.25, 0.3) is 0 Å². The standard InChI is InChI=1S/C31H37N7/c1-23(34-27-9-10-28(33-20-27)22-38-14-6-3-7-15-38)31-29-17-25(8-11-30(29)35-36-31)26-16-24(18-32-19-26)21-37-12-4-2-5-13-37/h8-11,16-20,34H,1-7,12-15,21-22H2,(H,35,36). The SMILES string of the molecule is C=C(Nc1ccc(CN2CCCCC2)nc1)c1n[nH]c2ccc(-c3cncc(CN4CCCCC4)c3)cc12. The van der Waals surface area contributed by atoms with Gasteiger partial charge < -0.3 is 5.32 Å². The lowest BCUT2D eigenvalue weighted by Gasteiger charge is -2.26. The topological polar surface area (TPSA) is 73.0 Å². The Labute approximate surface area is 225 Å². The summed E-state index contributed by atoms with van der Waals surface area (Å²) in [5.41, 5.74) is 8.09. The van der Waals surface area contributed by atoms with Crippen LogP contribution in [0.3, 0.4) is 0 Å². The average molecular weight is 508 g/mol. The molecule has 0 spiro atoms. The highest BCUT2D eigenvalue weighted by Crippen LogP contribution is 2.29. The van der Waals surface area contributed by atoms with Gasteiger partial charge in [-0.25, -0.2) is 0 Å². The molecular weight excluding hydrogens is 470 g/mol. The minimum atomic E-state index is 0.746. The van der Waals surface area contributed by atoms with Gasteiger partial charge in [-0.1, -0.05) is 25.5 Å². The molecule has 0 aliphatic carbocycles. The van der Waals surface area contributed by atoms with E-state index in [9.17, 15) is 0 Å². The quantitative estimate of drug-likeness (QED) is 0.301. The van der Waals surface area contributed by atoms with E-state index in [0.29, 0.717) is 0 Å². The number of piperidine rings is 2. The number of aromatic amines is 1. The number of aromatic nitrogens is 4. The summed E-state index contributed by atoms with van der Waals surface area (Å²) in [5.74, 6) is 0. The lowest BCUT2D eigenvalue weighted by molar-refractivity contribution is 0.218. The van der Waals surface area contributed by atoms with Gasteiger partial charge in [0.2, 0.25) is 0 Å². The van der Waals surface area contributed by atoms with Crippen LogP contribution >= 0.6 is 0 Å². The van der Waals surface area contributed by atoms with E-state index in [1.54, 1.807) is 0 Å². The zero-order chi connectivity index (χ0) is 25.7. The number of H-pyrrole nitrogens is 1. The molecule has 0 atom stereocenters. The number of benzene rings is 1. The molecule has 2 aliphatic heterocycles. The number of likely N-dealkylation sites (tertiary alicyclic amines) is 2. The molecule has 5 heterocycles. The highest BCUT2D eigenvalue weighted by molar-refractivity contribution is 5.95. The molecule has 196 valence electrons. The first-order valence-corrected chi connectivity index (χ1v) is 14.0. The van der Waals surface area contributed by atoms with Gasteiger partial charge in [-0.2, -0.15) is 5.10 Å². The molecule has 0 saturated carbocycles. The maximum Gasteiger partial charge on any atom is 0.116 e. The fourth-order valence-corrected chi connectivity index (χ4v) is 5.70. The molecule has 3 aromatic heterocycles. The second kappa shape index (κ2) is 11.5. The third kappa shape index (κ3) is 5.79. The van der Waals surface area contributed by atoms with E-state index in [2.05, 4.69) is 78.3 Å². The highest BCUT2D eigenvalue weighted by Gasteiger charge is 2.14.